The lowest BCUT2D eigenvalue weighted by Gasteiger charge is -2.30. The number of carbonyl (C=O) groups is 1. The Balaban J connectivity index is 1.40. The second-order valence-corrected chi connectivity index (χ2v) is 13.9. The van der Waals surface area contributed by atoms with E-state index in [0.29, 0.717) is 42.3 Å². The van der Waals surface area contributed by atoms with E-state index < -0.39 is 26.0 Å². The molecule has 37 heavy (non-hydrogen) atoms. The fourth-order valence-corrected chi connectivity index (χ4v) is 8.00. The Hall–Kier alpha value is -1.89. The quantitative estimate of drug-likeness (QED) is 0.498. The first-order chi connectivity index (χ1) is 17.5. The van der Waals surface area contributed by atoms with Crippen molar-refractivity contribution in [1.29, 1.82) is 0 Å². The summed E-state index contributed by atoms with van der Waals surface area (Å²) in [6.45, 7) is 1.34. The highest BCUT2D eigenvalue weighted by molar-refractivity contribution is 7.89. The molecule has 0 spiro atoms. The van der Waals surface area contributed by atoms with Crippen molar-refractivity contribution in [2.45, 2.75) is 36.3 Å². The summed E-state index contributed by atoms with van der Waals surface area (Å²) in [4.78, 5) is 13.1. The Morgan fingerprint density at radius 1 is 0.946 bits per heavy atom. The maximum Gasteiger partial charge on any atom is 0.243 e. The Kier molecular flexibility index (Phi) is 8.72. The van der Waals surface area contributed by atoms with Crippen molar-refractivity contribution in [2.75, 3.05) is 38.6 Å². The summed E-state index contributed by atoms with van der Waals surface area (Å²) in [6, 6.07) is 9.13. The standard InChI is InChI=1S/C24H29Cl2N3O6S2/c1-35-23-7-5-19(37(33,34)29-10-2-3-11-29)15-22(23)27-24(30)18-8-12-28(13-9-18)36(31,32)16-17-4-6-20(25)21(26)14-17/h4-7,14-15,18H,2-3,8-13,16H2,1H3,(H,27,30). The van der Waals surface area contributed by atoms with Gasteiger partial charge in [-0.2, -0.15) is 4.31 Å². The van der Waals surface area contributed by atoms with Crippen LogP contribution in [0.4, 0.5) is 5.69 Å². The van der Waals surface area contributed by atoms with Crippen molar-refractivity contribution >= 4 is 54.8 Å². The molecule has 0 atom stereocenters. The summed E-state index contributed by atoms with van der Waals surface area (Å²) in [5.41, 5.74) is 0.799. The van der Waals surface area contributed by atoms with Crippen LogP contribution in [0, 0.1) is 5.92 Å². The maximum atomic E-state index is 13.0. The minimum atomic E-state index is -3.66. The normalized spacial score (nSPS) is 18.1. The lowest BCUT2D eigenvalue weighted by Crippen LogP contribution is -2.41. The first-order valence-electron chi connectivity index (χ1n) is 11.9. The summed E-state index contributed by atoms with van der Waals surface area (Å²) in [5.74, 6) is -0.609. The summed E-state index contributed by atoms with van der Waals surface area (Å²) in [6.07, 6.45) is 2.31. The van der Waals surface area contributed by atoms with Gasteiger partial charge in [-0.1, -0.05) is 29.3 Å². The van der Waals surface area contributed by atoms with Crippen LogP contribution in [0.25, 0.3) is 0 Å². The van der Waals surface area contributed by atoms with E-state index >= 15 is 0 Å². The van der Waals surface area contributed by atoms with E-state index in [0.717, 1.165) is 12.8 Å². The van der Waals surface area contributed by atoms with E-state index in [4.69, 9.17) is 27.9 Å². The van der Waals surface area contributed by atoms with Crippen LogP contribution >= 0.6 is 23.2 Å². The zero-order valence-electron chi connectivity index (χ0n) is 20.3. The first kappa shape index (κ1) is 28.1. The molecular formula is C24H29Cl2N3O6S2. The van der Waals surface area contributed by atoms with E-state index in [1.165, 1.54) is 40.0 Å². The third kappa shape index (κ3) is 6.40. The SMILES string of the molecule is COc1ccc(S(=O)(=O)N2CCCC2)cc1NC(=O)C1CCN(S(=O)(=O)Cc2ccc(Cl)c(Cl)c2)CC1. The van der Waals surface area contributed by atoms with Crippen LogP contribution < -0.4 is 10.1 Å². The van der Waals surface area contributed by atoms with Gasteiger partial charge < -0.3 is 10.1 Å². The summed E-state index contributed by atoms with van der Waals surface area (Å²) >= 11 is 11.9. The molecule has 1 N–H and O–H groups in total. The fraction of sp³-hybridized carbons (Fsp3) is 0.458. The molecule has 2 fully saturated rings. The number of benzene rings is 2. The molecule has 2 aliphatic heterocycles. The van der Waals surface area contributed by atoms with E-state index in [2.05, 4.69) is 5.32 Å². The van der Waals surface area contributed by atoms with Gasteiger partial charge >= 0.3 is 0 Å². The lowest BCUT2D eigenvalue weighted by molar-refractivity contribution is -0.120. The van der Waals surface area contributed by atoms with Crippen LogP contribution in [-0.4, -0.2) is 64.6 Å². The zero-order valence-corrected chi connectivity index (χ0v) is 23.5. The van der Waals surface area contributed by atoms with Gasteiger partial charge in [0.15, 0.2) is 0 Å². The average molecular weight is 591 g/mol. The number of hydrogen-bond donors (Lipinski definition) is 1. The highest BCUT2D eigenvalue weighted by Crippen LogP contribution is 2.32. The van der Waals surface area contributed by atoms with Gasteiger partial charge in [-0.15, -0.1) is 0 Å². The van der Waals surface area contributed by atoms with Crippen LogP contribution in [0.5, 0.6) is 5.75 Å². The number of methoxy groups -OCH3 is 1. The van der Waals surface area contributed by atoms with Crippen LogP contribution in [0.1, 0.15) is 31.2 Å². The molecule has 0 unspecified atom stereocenters. The van der Waals surface area contributed by atoms with E-state index in [9.17, 15) is 21.6 Å². The van der Waals surface area contributed by atoms with Crippen LogP contribution in [0.2, 0.25) is 10.0 Å². The van der Waals surface area contributed by atoms with Gasteiger partial charge in [0.05, 0.1) is 33.5 Å². The molecule has 4 rings (SSSR count). The van der Waals surface area contributed by atoms with Gasteiger partial charge in [-0.05, 0) is 61.6 Å². The molecule has 2 aliphatic rings. The molecule has 0 aromatic heterocycles. The van der Waals surface area contributed by atoms with Gasteiger partial charge in [-0.3, -0.25) is 4.79 Å². The van der Waals surface area contributed by atoms with E-state index in [1.54, 1.807) is 12.1 Å². The van der Waals surface area contributed by atoms with E-state index in [1.807, 2.05) is 0 Å². The van der Waals surface area contributed by atoms with Crippen LogP contribution in [0.15, 0.2) is 41.3 Å². The lowest BCUT2D eigenvalue weighted by atomic mass is 9.97. The molecule has 0 bridgehead atoms. The molecule has 9 nitrogen and oxygen atoms in total. The topological polar surface area (TPSA) is 113 Å². The van der Waals surface area contributed by atoms with Gasteiger partial charge in [0.25, 0.3) is 0 Å². The molecule has 1 amide bonds. The number of rotatable bonds is 8. The fourth-order valence-electron chi connectivity index (χ4n) is 4.59. The minimum absolute atomic E-state index is 0.0914. The predicted octanol–water partition coefficient (Wildman–Crippen LogP) is 3.97. The predicted molar refractivity (Wildman–Crippen MR) is 143 cm³/mol. The van der Waals surface area contributed by atoms with Gasteiger partial charge in [0, 0.05) is 32.1 Å². The second-order valence-electron chi connectivity index (χ2n) is 9.14. The molecule has 202 valence electrons. The number of amides is 1. The molecule has 13 heteroatoms. The molecule has 2 aromatic carbocycles. The van der Waals surface area contributed by atoms with Crippen molar-refractivity contribution in [2.24, 2.45) is 5.92 Å². The number of piperidine rings is 1. The Morgan fingerprint density at radius 3 is 2.24 bits per heavy atom. The molecule has 0 saturated carbocycles. The first-order valence-corrected chi connectivity index (χ1v) is 15.7. The second kappa shape index (κ2) is 11.5. The van der Waals surface area contributed by atoms with Crippen LogP contribution in [0.3, 0.4) is 0 Å². The summed E-state index contributed by atoms with van der Waals surface area (Å²) in [7, 11) is -5.83. The number of anilines is 1. The van der Waals surface area contributed by atoms with Gasteiger partial charge in [0.1, 0.15) is 5.75 Å². The van der Waals surface area contributed by atoms with Crippen molar-refractivity contribution in [3.63, 3.8) is 0 Å². The van der Waals surface area contributed by atoms with Crippen LogP contribution in [-0.2, 0) is 30.6 Å². The molecule has 2 aromatic rings. The zero-order chi connectivity index (χ0) is 26.8. The Morgan fingerprint density at radius 2 is 1.62 bits per heavy atom. The molecule has 2 saturated heterocycles. The maximum absolute atomic E-state index is 13.0. The minimum Gasteiger partial charge on any atom is -0.495 e. The largest absolute Gasteiger partial charge is 0.495 e. The number of ether oxygens (including phenoxy) is 1. The Labute approximate surface area is 227 Å². The number of hydrogen-bond acceptors (Lipinski definition) is 6. The van der Waals surface area contributed by atoms with Gasteiger partial charge in [-0.25, -0.2) is 21.1 Å². The smallest absolute Gasteiger partial charge is 0.243 e. The highest BCUT2D eigenvalue weighted by Gasteiger charge is 2.32. The average Bonchev–Trinajstić information content (AvgIpc) is 3.42. The van der Waals surface area contributed by atoms with Crippen molar-refractivity contribution in [1.82, 2.24) is 8.61 Å². The third-order valence-corrected chi connectivity index (χ3v) is 11.2. The number of halogens is 2. The van der Waals surface area contributed by atoms with E-state index in [-0.39, 0.29) is 40.4 Å². The summed E-state index contributed by atoms with van der Waals surface area (Å²) < 4.78 is 59.9. The molecular weight excluding hydrogens is 561 g/mol. The number of carbonyl (C=O) groups excluding carboxylic acids is 1. The third-order valence-electron chi connectivity index (χ3n) is 6.68. The number of nitrogens with one attached hydrogen (secondary N) is 1. The van der Waals surface area contributed by atoms with Gasteiger partial charge in [0.2, 0.25) is 26.0 Å². The number of sulfonamides is 2. The molecule has 0 radical (unpaired) electrons. The summed E-state index contributed by atoms with van der Waals surface area (Å²) in [5, 5.41) is 3.44. The molecule has 0 aliphatic carbocycles. The Bertz CT molecular complexity index is 1370. The van der Waals surface area contributed by atoms with Crippen molar-refractivity contribution < 1.29 is 26.4 Å². The van der Waals surface area contributed by atoms with Crippen molar-refractivity contribution in [3.8, 4) is 5.75 Å². The monoisotopic (exact) mass is 589 g/mol. The van der Waals surface area contributed by atoms with Crippen molar-refractivity contribution in [3.05, 3.63) is 52.0 Å². The number of nitrogens with zero attached hydrogens (tertiary/aromatic N) is 2. The molecule has 2 heterocycles. The highest BCUT2D eigenvalue weighted by atomic mass is 35.5.